The molecule has 0 unspecified atom stereocenters. The molecule has 72 valence electrons. The van der Waals surface area contributed by atoms with E-state index in [-0.39, 0.29) is 0 Å². The number of rotatable bonds is 5. The van der Waals surface area contributed by atoms with Gasteiger partial charge in [0.05, 0.1) is 6.07 Å². The van der Waals surface area contributed by atoms with Crippen molar-refractivity contribution in [1.29, 1.82) is 5.26 Å². The molecule has 0 bridgehead atoms. The van der Waals surface area contributed by atoms with E-state index < -0.39 is 0 Å². The molecule has 0 amide bonds. The second-order valence-electron chi connectivity index (χ2n) is 2.14. The zero-order chi connectivity index (χ0) is 9.66. The van der Waals surface area contributed by atoms with Crippen molar-refractivity contribution in [3.63, 3.8) is 0 Å². The van der Waals surface area contributed by atoms with Crippen LogP contribution in [0.3, 0.4) is 0 Å². The lowest BCUT2D eigenvalue weighted by Gasteiger charge is -1.89. The predicted molar refractivity (Wildman–Crippen MR) is 54.6 cm³/mol. The molecule has 12 heavy (non-hydrogen) atoms. The molecule has 0 aliphatic heterocycles. The molecular formula is C8H16Cl2N2. The van der Waals surface area contributed by atoms with Gasteiger partial charge in [-0.15, -0.1) is 23.2 Å². The Morgan fingerprint density at radius 3 is 2.00 bits per heavy atom. The van der Waals surface area contributed by atoms with Gasteiger partial charge < -0.3 is 5.73 Å². The highest BCUT2D eigenvalue weighted by Gasteiger charge is 1.83. The van der Waals surface area contributed by atoms with Crippen LogP contribution in [0.15, 0.2) is 0 Å². The Kier molecular flexibility index (Phi) is 20.9. The second-order valence-corrected chi connectivity index (χ2v) is 2.89. The van der Waals surface area contributed by atoms with Crippen molar-refractivity contribution in [2.75, 3.05) is 18.3 Å². The van der Waals surface area contributed by atoms with Gasteiger partial charge in [-0.2, -0.15) is 5.26 Å². The average Bonchev–Trinajstić information content (AvgIpc) is 2.13. The molecule has 0 aromatic carbocycles. The fourth-order valence-electron chi connectivity index (χ4n) is 0.525. The van der Waals surface area contributed by atoms with Crippen LogP contribution in [-0.4, -0.2) is 18.3 Å². The minimum absolute atomic E-state index is 0.557. The van der Waals surface area contributed by atoms with Gasteiger partial charge in [0, 0.05) is 18.2 Å². The molecular weight excluding hydrogens is 195 g/mol. The molecule has 0 fully saturated rings. The molecule has 0 atom stereocenters. The summed E-state index contributed by atoms with van der Waals surface area (Å²) >= 11 is 10.1. The van der Waals surface area contributed by atoms with Crippen LogP contribution in [0.2, 0.25) is 0 Å². The Hall–Kier alpha value is 0.0300. The summed E-state index contributed by atoms with van der Waals surface area (Å²) in [4.78, 5) is 0. The lowest BCUT2D eigenvalue weighted by molar-refractivity contribution is 0.699. The number of nitrogens with zero attached hydrogens (tertiary/aromatic N) is 1. The van der Waals surface area contributed by atoms with Crippen LogP contribution in [-0.2, 0) is 0 Å². The van der Waals surface area contributed by atoms with Gasteiger partial charge in [0.15, 0.2) is 0 Å². The van der Waals surface area contributed by atoms with E-state index in [9.17, 15) is 0 Å². The average molecular weight is 211 g/mol. The van der Waals surface area contributed by atoms with Gasteiger partial charge in [-0.1, -0.05) is 6.42 Å². The standard InChI is InChI=1S/C6H12N2.C2H4Cl2/c7-5-3-1-2-4-6-8;3-1-2-4/h1-5,7H2;1-2H2. The monoisotopic (exact) mass is 210 g/mol. The molecule has 0 saturated carbocycles. The third-order valence-electron chi connectivity index (χ3n) is 1.06. The molecule has 0 aliphatic rings. The maximum atomic E-state index is 8.08. The van der Waals surface area contributed by atoms with Crippen molar-refractivity contribution in [3.8, 4) is 6.07 Å². The Bertz CT molecular complexity index is 99.7. The first-order valence-corrected chi connectivity index (χ1v) is 5.09. The number of alkyl halides is 2. The topological polar surface area (TPSA) is 49.8 Å². The fraction of sp³-hybridized carbons (Fsp3) is 0.875. The normalized spacial score (nSPS) is 8.17. The van der Waals surface area contributed by atoms with E-state index in [0.29, 0.717) is 18.2 Å². The number of hydrogen-bond acceptors (Lipinski definition) is 2. The summed E-state index contributed by atoms with van der Waals surface area (Å²) in [6.07, 6.45) is 3.85. The largest absolute Gasteiger partial charge is 0.330 e. The Morgan fingerprint density at radius 1 is 1.08 bits per heavy atom. The van der Waals surface area contributed by atoms with E-state index in [2.05, 4.69) is 6.07 Å². The van der Waals surface area contributed by atoms with Crippen LogP contribution >= 0.6 is 23.2 Å². The Labute approximate surface area is 84.6 Å². The second kappa shape index (κ2) is 17.2. The van der Waals surface area contributed by atoms with Crippen molar-refractivity contribution in [1.82, 2.24) is 0 Å². The SMILES string of the molecule is ClCCCl.N#CCCCCCN. The Balaban J connectivity index is 0. The quantitative estimate of drug-likeness (QED) is 0.561. The zero-order valence-corrected chi connectivity index (χ0v) is 8.74. The first-order chi connectivity index (χ1) is 5.83. The fourth-order valence-corrected chi connectivity index (χ4v) is 0.525. The summed E-state index contributed by atoms with van der Waals surface area (Å²) in [5, 5.41) is 8.08. The summed E-state index contributed by atoms with van der Waals surface area (Å²) in [5.41, 5.74) is 5.23. The number of nitrogens with two attached hydrogens (primary N) is 1. The summed E-state index contributed by atoms with van der Waals surface area (Å²) in [7, 11) is 0. The third-order valence-corrected chi connectivity index (χ3v) is 1.64. The van der Waals surface area contributed by atoms with Crippen molar-refractivity contribution in [2.45, 2.75) is 25.7 Å². The van der Waals surface area contributed by atoms with Crippen molar-refractivity contribution < 1.29 is 0 Å². The van der Waals surface area contributed by atoms with E-state index in [1.165, 1.54) is 0 Å². The smallest absolute Gasteiger partial charge is 0.0621 e. The summed E-state index contributed by atoms with van der Waals surface area (Å²) in [6, 6.07) is 2.09. The highest BCUT2D eigenvalue weighted by atomic mass is 35.5. The highest BCUT2D eigenvalue weighted by molar-refractivity contribution is 6.25. The molecule has 0 aromatic rings. The minimum Gasteiger partial charge on any atom is -0.330 e. The van der Waals surface area contributed by atoms with Crippen LogP contribution in [0.5, 0.6) is 0 Å². The van der Waals surface area contributed by atoms with Gasteiger partial charge in [-0.05, 0) is 19.4 Å². The van der Waals surface area contributed by atoms with Gasteiger partial charge in [0.25, 0.3) is 0 Å². The van der Waals surface area contributed by atoms with E-state index in [4.69, 9.17) is 34.2 Å². The molecule has 0 spiro atoms. The van der Waals surface area contributed by atoms with Crippen LogP contribution in [0, 0.1) is 11.3 Å². The molecule has 0 heterocycles. The van der Waals surface area contributed by atoms with Gasteiger partial charge >= 0.3 is 0 Å². The van der Waals surface area contributed by atoms with Crippen LogP contribution in [0.1, 0.15) is 25.7 Å². The molecule has 0 aliphatic carbocycles. The van der Waals surface area contributed by atoms with Crippen molar-refractivity contribution >= 4 is 23.2 Å². The Morgan fingerprint density at radius 2 is 1.67 bits per heavy atom. The molecule has 2 nitrogen and oxygen atoms in total. The van der Waals surface area contributed by atoms with Crippen LogP contribution < -0.4 is 5.73 Å². The first kappa shape index (κ1) is 14.5. The van der Waals surface area contributed by atoms with Crippen molar-refractivity contribution in [2.24, 2.45) is 5.73 Å². The summed E-state index contributed by atoms with van der Waals surface area (Å²) in [5.74, 6) is 1.11. The number of hydrogen-bond donors (Lipinski definition) is 1. The van der Waals surface area contributed by atoms with Gasteiger partial charge in [-0.25, -0.2) is 0 Å². The van der Waals surface area contributed by atoms with Gasteiger partial charge in [0.2, 0.25) is 0 Å². The highest BCUT2D eigenvalue weighted by Crippen LogP contribution is 1.95. The number of halogens is 2. The third kappa shape index (κ3) is 22.5. The molecule has 4 heteroatoms. The predicted octanol–water partition coefficient (Wildman–Crippen LogP) is 2.49. The number of unbranched alkanes of at least 4 members (excludes halogenated alkanes) is 3. The van der Waals surface area contributed by atoms with E-state index in [1.54, 1.807) is 0 Å². The lowest BCUT2D eigenvalue weighted by Crippen LogP contribution is -1.97. The maximum Gasteiger partial charge on any atom is 0.0621 e. The summed E-state index contributed by atoms with van der Waals surface area (Å²) < 4.78 is 0. The number of nitriles is 1. The van der Waals surface area contributed by atoms with Crippen LogP contribution in [0.25, 0.3) is 0 Å². The van der Waals surface area contributed by atoms with Gasteiger partial charge in [-0.3, -0.25) is 0 Å². The van der Waals surface area contributed by atoms with E-state index in [1.807, 2.05) is 0 Å². The molecule has 2 N–H and O–H groups in total. The van der Waals surface area contributed by atoms with Crippen molar-refractivity contribution in [3.05, 3.63) is 0 Å². The van der Waals surface area contributed by atoms with Crippen LogP contribution in [0.4, 0.5) is 0 Å². The van der Waals surface area contributed by atoms with E-state index in [0.717, 1.165) is 25.8 Å². The zero-order valence-electron chi connectivity index (χ0n) is 7.23. The molecule has 0 radical (unpaired) electrons. The molecule has 0 aromatic heterocycles. The molecule has 0 rings (SSSR count). The summed E-state index contributed by atoms with van der Waals surface area (Å²) in [6.45, 7) is 0.755. The lowest BCUT2D eigenvalue weighted by atomic mass is 10.2. The molecule has 0 saturated heterocycles. The maximum absolute atomic E-state index is 8.08. The van der Waals surface area contributed by atoms with E-state index >= 15 is 0 Å². The first-order valence-electron chi connectivity index (χ1n) is 4.02. The van der Waals surface area contributed by atoms with Gasteiger partial charge in [0.1, 0.15) is 0 Å². The minimum atomic E-state index is 0.557.